The minimum Gasteiger partial charge on any atom is -0.339 e. The van der Waals surface area contributed by atoms with Crippen molar-refractivity contribution < 1.29 is 4.57 Å². The van der Waals surface area contributed by atoms with Crippen LogP contribution in [-0.4, -0.2) is 18.1 Å². The molecule has 0 amide bonds. The second kappa shape index (κ2) is 7.40. The molecule has 0 saturated heterocycles. The normalized spacial score (nSPS) is 16.0. The molecular weight excluding hydrogens is 354 g/mol. The standard InChI is InChI=1S/C26H30N3/c1-18-13-14-22(26-19(2)9-7-10-20(26)3)17-23(18)24-11-8-12-25(28(24)6)29-16-15-27(5)21(29)4/h7-17,21H,1-6H3/q+1/t21-/m0/s1. The van der Waals surface area contributed by atoms with Crippen LogP contribution in [0.1, 0.15) is 23.6 Å². The maximum atomic E-state index is 2.35. The van der Waals surface area contributed by atoms with Crippen molar-refractivity contribution >= 4 is 5.82 Å². The monoisotopic (exact) mass is 384 g/mol. The van der Waals surface area contributed by atoms with Gasteiger partial charge in [0.2, 0.25) is 0 Å². The smallest absolute Gasteiger partial charge is 0.283 e. The summed E-state index contributed by atoms with van der Waals surface area (Å²) in [4.78, 5) is 4.54. The van der Waals surface area contributed by atoms with Gasteiger partial charge in [-0.25, -0.2) is 9.47 Å². The number of hydrogen-bond donors (Lipinski definition) is 0. The molecule has 4 rings (SSSR count). The van der Waals surface area contributed by atoms with Gasteiger partial charge >= 0.3 is 0 Å². The van der Waals surface area contributed by atoms with E-state index in [4.69, 9.17) is 0 Å². The van der Waals surface area contributed by atoms with Crippen molar-refractivity contribution in [3.63, 3.8) is 0 Å². The first-order chi connectivity index (χ1) is 13.9. The molecule has 2 heterocycles. The van der Waals surface area contributed by atoms with Crippen molar-refractivity contribution in [1.29, 1.82) is 0 Å². The average molecular weight is 385 g/mol. The molecule has 0 N–H and O–H groups in total. The van der Waals surface area contributed by atoms with E-state index in [-0.39, 0.29) is 0 Å². The van der Waals surface area contributed by atoms with Crippen LogP contribution in [0, 0.1) is 20.8 Å². The van der Waals surface area contributed by atoms with Gasteiger partial charge in [0.05, 0.1) is 7.05 Å². The zero-order valence-electron chi connectivity index (χ0n) is 18.3. The second-order valence-electron chi connectivity index (χ2n) is 8.13. The summed E-state index contributed by atoms with van der Waals surface area (Å²) in [5, 5.41) is 0. The highest BCUT2D eigenvalue weighted by Gasteiger charge is 2.30. The molecule has 0 unspecified atom stereocenters. The fourth-order valence-corrected chi connectivity index (χ4v) is 4.32. The van der Waals surface area contributed by atoms with E-state index < -0.39 is 0 Å². The Morgan fingerprint density at radius 1 is 0.828 bits per heavy atom. The first-order valence-electron chi connectivity index (χ1n) is 10.2. The zero-order chi connectivity index (χ0) is 20.7. The molecule has 3 nitrogen and oxygen atoms in total. The number of anilines is 1. The molecule has 0 radical (unpaired) electrons. The number of aryl methyl sites for hydroxylation is 3. The Morgan fingerprint density at radius 3 is 2.17 bits per heavy atom. The summed E-state index contributed by atoms with van der Waals surface area (Å²) in [6.45, 7) is 8.81. The maximum Gasteiger partial charge on any atom is 0.283 e. The predicted molar refractivity (Wildman–Crippen MR) is 122 cm³/mol. The minimum absolute atomic E-state index is 0.304. The number of rotatable bonds is 3. The van der Waals surface area contributed by atoms with Crippen molar-refractivity contribution in [2.45, 2.75) is 33.9 Å². The summed E-state index contributed by atoms with van der Waals surface area (Å²) >= 11 is 0. The molecule has 1 atom stereocenters. The maximum absolute atomic E-state index is 2.35. The van der Waals surface area contributed by atoms with Gasteiger partial charge in [-0.1, -0.05) is 30.3 Å². The van der Waals surface area contributed by atoms with Crippen LogP contribution in [0.5, 0.6) is 0 Å². The Hall–Kier alpha value is -3.07. The molecule has 0 bridgehead atoms. The molecule has 3 heteroatoms. The van der Waals surface area contributed by atoms with E-state index in [1.165, 1.54) is 44.9 Å². The van der Waals surface area contributed by atoms with E-state index >= 15 is 0 Å². The summed E-state index contributed by atoms with van der Waals surface area (Å²) in [5.74, 6) is 1.19. The molecule has 1 aromatic heterocycles. The van der Waals surface area contributed by atoms with Crippen molar-refractivity contribution in [3.05, 3.63) is 83.7 Å². The number of benzene rings is 2. The molecule has 3 aromatic rings. The van der Waals surface area contributed by atoms with Gasteiger partial charge < -0.3 is 4.90 Å². The Kier molecular flexibility index (Phi) is 4.91. The fourth-order valence-electron chi connectivity index (χ4n) is 4.32. The van der Waals surface area contributed by atoms with Crippen LogP contribution in [0.3, 0.4) is 0 Å². The largest absolute Gasteiger partial charge is 0.339 e. The molecule has 1 aliphatic heterocycles. The van der Waals surface area contributed by atoms with Gasteiger partial charge in [-0.15, -0.1) is 0 Å². The van der Waals surface area contributed by atoms with Crippen molar-refractivity contribution in [2.24, 2.45) is 7.05 Å². The molecule has 1 aliphatic rings. The SMILES string of the molecule is Cc1ccc(-c2c(C)cccc2C)cc1-c1cccc(N2C=CN(C)[C@@H]2C)[n+]1C. The predicted octanol–water partition coefficient (Wildman–Crippen LogP) is 5.34. The van der Waals surface area contributed by atoms with Gasteiger partial charge in [0, 0.05) is 24.9 Å². The lowest BCUT2D eigenvalue weighted by Gasteiger charge is -2.22. The number of pyridine rings is 1. The van der Waals surface area contributed by atoms with Gasteiger partial charge in [-0.05, 0) is 73.7 Å². The van der Waals surface area contributed by atoms with Gasteiger partial charge in [0.25, 0.3) is 5.82 Å². The fraction of sp³-hybridized carbons (Fsp3) is 0.269. The van der Waals surface area contributed by atoms with Gasteiger partial charge in [0.15, 0.2) is 6.17 Å². The van der Waals surface area contributed by atoms with Crippen LogP contribution in [0.2, 0.25) is 0 Å². The number of aromatic nitrogens is 1. The average Bonchev–Trinajstić information content (AvgIpc) is 3.02. The molecule has 0 spiro atoms. The van der Waals surface area contributed by atoms with E-state index in [0.29, 0.717) is 6.17 Å². The molecule has 2 aromatic carbocycles. The van der Waals surface area contributed by atoms with E-state index in [1.807, 2.05) is 0 Å². The van der Waals surface area contributed by atoms with Crippen LogP contribution < -0.4 is 9.47 Å². The Labute approximate surface area is 174 Å². The Bertz CT molecular complexity index is 1080. The van der Waals surface area contributed by atoms with Crippen molar-refractivity contribution in [3.8, 4) is 22.4 Å². The van der Waals surface area contributed by atoms with E-state index in [9.17, 15) is 0 Å². The molecule has 29 heavy (non-hydrogen) atoms. The lowest BCUT2D eigenvalue weighted by Crippen LogP contribution is -2.43. The van der Waals surface area contributed by atoms with Crippen LogP contribution in [0.15, 0.2) is 67.0 Å². The highest BCUT2D eigenvalue weighted by Crippen LogP contribution is 2.32. The number of nitrogens with zero attached hydrogens (tertiary/aromatic N) is 3. The second-order valence-corrected chi connectivity index (χ2v) is 8.13. The molecule has 0 aliphatic carbocycles. The summed E-state index contributed by atoms with van der Waals surface area (Å²) in [5.41, 5.74) is 9.04. The van der Waals surface area contributed by atoms with E-state index in [0.717, 1.165) is 0 Å². The number of hydrogen-bond acceptors (Lipinski definition) is 2. The van der Waals surface area contributed by atoms with E-state index in [2.05, 4.69) is 123 Å². The molecular formula is C26H30N3+. The van der Waals surface area contributed by atoms with Crippen LogP contribution in [-0.2, 0) is 7.05 Å². The van der Waals surface area contributed by atoms with Gasteiger partial charge in [-0.2, -0.15) is 0 Å². The summed E-state index contributed by atoms with van der Waals surface area (Å²) in [7, 11) is 4.28. The van der Waals surface area contributed by atoms with Crippen molar-refractivity contribution in [2.75, 3.05) is 11.9 Å². The first-order valence-corrected chi connectivity index (χ1v) is 10.2. The highest BCUT2D eigenvalue weighted by molar-refractivity contribution is 5.76. The minimum atomic E-state index is 0.304. The Balaban J connectivity index is 1.84. The zero-order valence-corrected chi connectivity index (χ0v) is 18.3. The third-order valence-electron chi connectivity index (χ3n) is 6.21. The van der Waals surface area contributed by atoms with Gasteiger partial charge in [0.1, 0.15) is 11.9 Å². The first kappa shape index (κ1) is 19.3. The van der Waals surface area contributed by atoms with Gasteiger partial charge in [-0.3, -0.25) is 0 Å². The molecule has 0 saturated carbocycles. The van der Waals surface area contributed by atoms with Crippen LogP contribution in [0.25, 0.3) is 22.4 Å². The summed E-state index contributed by atoms with van der Waals surface area (Å²) in [6.07, 6.45) is 4.59. The summed E-state index contributed by atoms with van der Waals surface area (Å²) in [6, 6.07) is 19.9. The Morgan fingerprint density at radius 2 is 1.52 bits per heavy atom. The topological polar surface area (TPSA) is 10.4 Å². The van der Waals surface area contributed by atoms with Crippen LogP contribution in [0.4, 0.5) is 5.82 Å². The quantitative estimate of drug-likeness (QED) is 0.564. The third kappa shape index (κ3) is 3.31. The third-order valence-corrected chi connectivity index (χ3v) is 6.21. The van der Waals surface area contributed by atoms with Crippen molar-refractivity contribution in [1.82, 2.24) is 4.90 Å². The molecule has 148 valence electrons. The lowest BCUT2D eigenvalue weighted by molar-refractivity contribution is -0.647. The molecule has 0 fully saturated rings. The van der Waals surface area contributed by atoms with E-state index in [1.54, 1.807) is 0 Å². The summed E-state index contributed by atoms with van der Waals surface area (Å²) < 4.78 is 2.30. The lowest BCUT2D eigenvalue weighted by atomic mass is 9.92. The van der Waals surface area contributed by atoms with Crippen LogP contribution >= 0.6 is 0 Å². The highest BCUT2D eigenvalue weighted by atomic mass is 15.4.